The molecular weight excluding hydrogens is 388 g/mol. The van der Waals surface area contributed by atoms with E-state index in [1.54, 1.807) is 0 Å². The lowest BCUT2D eigenvalue weighted by atomic mass is 9.93. The minimum absolute atomic E-state index is 0.258. The summed E-state index contributed by atoms with van der Waals surface area (Å²) >= 11 is 0. The minimum atomic E-state index is -0.711. The van der Waals surface area contributed by atoms with E-state index in [2.05, 4.69) is 25.1 Å². The molecule has 0 atom stereocenters. The van der Waals surface area contributed by atoms with Crippen molar-refractivity contribution in [3.8, 4) is 0 Å². The Morgan fingerprint density at radius 2 is 1.10 bits per heavy atom. The zero-order valence-corrected chi connectivity index (χ0v) is 19.7. The van der Waals surface area contributed by atoms with E-state index in [0.29, 0.717) is 0 Å². The molecule has 0 saturated heterocycles. The third-order valence-electron chi connectivity index (χ3n) is 6.01. The van der Waals surface area contributed by atoms with Gasteiger partial charge < -0.3 is 10.2 Å². The number of unbranched alkanes of at least 4 members (excludes halogenated alkanes) is 10. The van der Waals surface area contributed by atoms with Crippen molar-refractivity contribution in [2.45, 2.75) is 122 Å². The number of hydrogen-bond donors (Lipinski definition) is 2. The molecule has 0 spiro atoms. The van der Waals surface area contributed by atoms with Crippen LogP contribution in [0.15, 0.2) is 18.2 Å². The number of carboxylic acids is 2. The quantitative estimate of drug-likeness (QED) is 0.211. The van der Waals surface area contributed by atoms with E-state index in [1.807, 2.05) is 0 Å². The Labute approximate surface area is 189 Å². The van der Waals surface area contributed by atoms with E-state index in [1.165, 1.54) is 61.6 Å². The van der Waals surface area contributed by atoms with Gasteiger partial charge in [0.15, 0.2) is 0 Å². The average molecular weight is 433 g/mol. The van der Waals surface area contributed by atoms with Gasteiger partial charge in [-0.2, -0.15) is 0 Å². The molecule has 0 unspecified atom stereocenters. The number of rotatable bonds is 20. The smallest absolute Gasteiger partial charge is 0.303 e. The summed E-state index contributed by atoms with van der Waals surface area (Å²) in [5.74, 6) is -1.42. The Morgan fingerprint density at radius 3 is 1.68 bits per heavy atom. The predicted octanol–water partition coefficient (Wildman–Crippen LogP) is 7.35. The zero-order chi connectivity index (χ0) is 22.7. The first kappa shape index (κ1) is 27.2. The number of aryl methyl sites for hydroxylation is 3. The van der Waals surface area contributed by atoms with Gasteiger partial charge in [-0.3, -0.25) is 9.59 Å². The van der Waals surface area contributed by atoms with Crippen molar-refractivity contribution >= 4 is 11.9 Å². The largest absolute Gasteiger partial charge is 0.481 e. The molecule has 176 valence electrons. The lowest BCUT2D eigenvalue weighted by molar-refractivity contribution is -0.138. The van der Waals surface area contributed by atoms with Gasteiger partial charge in [-0.05, 0) is 68.1 Å². The highest BCUT2D eigenvalue weighted by molar-refractivity contribution is 5.66. The van der Waals surface area contributed by atoms with Crippen LogP contribution in [-0.4, -0.2) is 22.2 Å². The molecule has 4 heteroatoms. The maximum Gasteiger partial charge on any atom is 0.303 e. The molecule has 0 aromatic heterocycles. The molecule has 2 N–H and O–H groups in total. The first-order chi connectivity index (χ1) is 15.0. The number of benzene rings is 1. The van der Waals surface area contributed by atoms with Gasteiger partial charge >= 0.3 is 11.9 Å². The maximum atomic E-state index is 10.7. The summed E-state index contributed by atoms with van der Waals surface area (Å²) in [4.78, 5) is 21.4. The van der Waals surface area contributed by atoms with E-state index in [0.717, 1.165) is 57.8 Å². The Balaban J connectivity index is 2.51. The first-order valence-electron chi connectivity index (χ1n) is 12.6. The van der Waals surface area contributed by atoms with Gasteiger partial charge in [-0.1, -0.05) is 76.5 Å². The van der Waals surface area contributed by atoms with Crippen molar-refractivity contribution in [3.63, 3.8) is 0 Å². The highest BCUT2D eigenvalue weighted by Gasteiger charge is 2.06. The fourth-order valence-corrected chi connectivity index (χ4v) is 4.13. The molecular formula is C27H44O4. The summed E-state index contributed by atoms with van der Waals surface area (Å²) < 4.78 is 0. The van der Waals surface area contributed by atoms with Crippen molar-refractivity contribution in [2.75, 3.05) is 0 Å². The molecule has 0 aliphatic carbocycles. The standard InChI is InChI=1S/C27H44O4/c1-2-3-4-5-6-7-10-15-23-20-21-24(16-11-8-13-18-26(28)29)25(22-23)17-12-9-14-19-27(30)31/h20-22H,2-19H2,1H3,(H,28,29)(H,30,31). The summed E-state index contributed by atoms with van der Waals surface area (Å²) in [6.07, 6.45) is 18.4. The van der Waals surface area contributed by atoms with E-state index in [-0.39, 0.29) is 12.8 Å². The van der Waals surface area contributed by atoms with Crippen LogP contribution < -0.4 is 0 Å². The molecule has 31 heavy (non-hydrogen) atoms. The predicted molar refractivity (Wildman–Crippen MR) is 128 cm³/mol. The molecule has 0 amide bonds. The van der Waals surface area contributed by atoms with Crippen molar-refractivity contribution in [1.29, 1.82) is 0 Å². The number of carbonyl (C=O) groups is 2. The monoisotopic (exact) mass is 432 g/mol. The maximum absolute atomic E-state index is 10.7. The van der Waals surface area contributed by atoms with E-state index < -0.39 is 11.9 Å². The Hall–Kier alpha value is -1.84. The van der Waals surface area contributed by atoms with Gasteiger partial charge in [0, 0.05) is 12.8 Å². The van der Waals surface area contributed by atoms with E-state index in [9.17, 15) is 9.59 Å². The fourth-order valence-electron chi connectivity index (χ4n) is 4.13. The van der Waals surface area contributed by atoms with Crippen LogP contribution in [0.5, 0.6) is 0 Å². The Kier molecular flexibility index (Phi) is 15.6. The topological polar surface area (TPSA) is 74.6 Å². The van der Waals surface area contributed by atoms with Crippen LogP contribution >= 0.6 is 0 Å². The molecule has 0 aliphatic heterocycles. The molecule has 0 saturated carbocycles. The van der Waals surface area contributed by atoms with Gasteiger partial charge in [0.1, 0.15) is 0 Å². The van der Waals surface area contributed by atoms with Crippen LogP contribution in [0.1, 0.15) is 120 Å². The second-order valence-corrected chi connectivity index (χ2v) is 8.88. The van der Waals surface area contributed by atoms with Crippen LogP contribution in [0.4, 0.5) is 0 Å². The van der Waals surface area contributed by atoms with Crippen LogP contribution in [0.2, 0.25) is 0 Å². The summed E-state index contributed by atoms with van der Waals surface area (Å²) in [7, 11) is 0. The summed E-state index contributed by atoms with van der Waals surface area (Å²) in [6.45, 7) is 2.25. The van der Waals surface area contributed by atoms with Crippen LogP contribution in [-0.2, 0) is 28.9 Å². The summed E-state index contributed by atoms with van der Waals surface area (Å²) in [5, 5.41) is 17.6. The lowest BCUT2D eigenvalue weighted by Gasteiger charge is -2.13. The number of hydrogen-bond acceptors (Lipinski definition) is 2. The molecule has 1 aromatic carbocycles. The normalized spacial score (nSPS) is 11.0. The van der Waals surface area contributed by atoms with Crippen LogP contribution in [0.25, 0.3) is 0 Å². The second-order valence-electron chi connectivity index (χ2n) is 8.88. The highest BCUT2D eigenvalue weighted by atomic mass is 16.4. The summed E-state index contributed by atoms with van der Waals surface area (Å²) in [6, 6.07) is 6.93. The van der Waals surface area contributed by atoms with E-state index in [4.69, 9.17) is 10.2 Å². The molecule has 1 rings (SSSR count). The van der Waals surface area contributed by atoms with Gasteiger partial charge in [-0.15, -0.1) is 0 Å². The molecule has 4 nitrogen and oxygen atoms in total. The fraction of sp³-hybridized carbons (Fsp3) is 0.704. The van der Waals surface area contributed by atoms with Crippen molar-refractivity contribution in [3.05, 3.63) is 34.9 Å². The van der Waals surface area contributed by atoms with E-state index >= 15 is 0 Å². The van der Waals surface area contributed by atoms with Crippen molar-refractivity contribution in [2.24, 2.45) is 0 Å². The highest BCUT2D eigenvalue weighted by Crippen LogP contribution is 2.20. The van der Waals surface area contributed by atoms with Crippen molar-refractivity contribution in [1.82, 2.24) is 0 Å². The third-order valence-corrected chi connectivity index (χ3v) is 6.01. The molecule has 1 aromatic rings. The van der Waals surface area contributed by atoms with Gasteiger partial charge in [0.2, 0.25) is 0 Å². The lowest BCUT2D eigenvalue weighted by Crippen LogP contribution is -2.00. The minimum Gasteiger partial charge on any atom is -0.481 e. The van der Waals surface area contributed by atoms with Gasteiger partial charge in [0.25, 0.3) is 0 Å². The van der Waals surface area contributed by atoms with Gasteiger partial charge in [0.05, 0.1) is 0 Å². The molecule has 0 heterocycles. The SMILES string of the molecule is CCCCCCCCCc1ccc(CCCCCC(=O)O)c(CCCCCC(=O)O)c1. The molecule has 0 radical (unpaired) electrons. The molecule has 0 bridgehead atoms. The average Bonchev–Trinajstić information content (AvgIpc) is 2.73. The zero-order valence-electron chi connectivity index (χ0n) is 19.7. The van der Waals surface area contributed by atoms with Gasteiger partial charge in [-0.25, -0.2) is 0 Å². The number of aliphatic carboxylic acids is 2. The second kappa shape index (κ2) is 17.8. The Morgan fingerprint density at radius 1 is 0.613 bits per heavy atom. The molecule has 0 aliphatic rings. The first-order valence-corrected chi connectivity index (χ1v) is 12.6. The van der Waals surface area contributed by atoms with Crippen molar-refractivity contribution < 1.29 is 19.8 Å². The summed E-state index contributed by atoms with van der Waals surface area (Å²) in [5.41, 5.74) is 4.22. The third kappa shape index (κ3) is 14.7. The molecule has 0 fully saturated rings. The van der Waals surface area contributed by atoms with Crippen LogP contribution in [0.3, 0.4) is 0 Å². The van der Waals surface area contributed by atoms with Crippen LogP contribution in [0, 0.1) is 0 Å². The number of carboxylic acid groups (broad SMARTS) is 2. The Bertz CT molecular complexity index is 624.